The number of allylic oxidation sites excluding steroid dienone is 5. The number of hydrogen-bond donors (Lipinski definition) is 4. The highest BCUT2D eigenvalue weighted by Gasteiger charge is 2.17. The molecule has 292 valence electrons. The summed E-state index contributed by atoms with van der Waals surface area (Å²) in [5, 5.41) is 8.75. The van der Waals surface area contributed by atoms with Crippen LogP contribution in [0.25, 0.3) is 28.0 Å². The van der Waals surface area contributed by atoms with E-state index in [0.29, 0.717) is 11.6 Å². The fourth-order valence-corrected chi connectivity index (χ4v) is 7.07. The summed E-state index contributed by atoms with van der Waals surface area (Å²) in [5.74, 6) is 0.599. The minimum atomic E-state index is 0.0643. The van der Waals surface area contributed by atoms with Crippen LogP contribution >= 0.6 is 0 Å². The molecule has 4 nitrogen and oxygen atoms in total. The van der Waals surface area contributed by atoms with Gasteiger partial charge in [-0.15, -0.1) is 0 Å². The van der Waals surface area contributed by atoms with Crippen LogP contribution < -0.4 is 17.2 Å². The van der Waals surface area contributed by atoms with Crippen LogP contribution in [-0.4, -0.2) is 19.8 Å². The standard InChI is InChI=1S/C35H32N2.C14H12.C2H6.2CH5N/c1-25-18-20-28(21-19-25)35(37)32-17-9-15-30(23-32)29-14-8-16-31(22-29)34(36)24-33(26-10-4-2-5-11-26)27-12-6-3-7-13-27;1-10-6-7-14-12(8-10)9-11-4-2-3-5-13(11)14;3*1-2/h2-18,20-25,33,37H,19,36H2,1H3;2-8H,9H2,1H3;1-2H3;2*2H2,1H3/b34-24-,37-35?;;;;. The summed E-state index contributed by atoms with van der Waals surface area (Å²) in [7, 11) is 3.00. The summed E-state index contributed by atoms with van der Waals surface area (Å²) in [6.07, 6.45) is 10.7. The van der Waals surface area contributed by atoms with Crippen LogP contribution in [0.3, 0.4) is 0 Å². The lowest BCUT2D eigenvalue weighted by molar-refractivity contribution is 0.734. The van der Waals surface area contributed by atoms with Crippen LogP contribution in [0.15, 0.2) is 182 Å². The molecule has 0 spiro atoms. The molecule has 2 aliphatic carbocycles. The molecule has 0 amide bonds. The molecule has 2 aliphatic rings. The van der Waals surface area contributed by atoms with E-state index in [1.807, 2.05) is 38.1 Å². The third-order valence-electron chi connectivity index (χ3n) is 9.90. The lowest BCUT2D eigenvalue weighted by Crippen LogP contribution is -2.06. The van der Waals surface area contributed by atoms with Crippen molar-refractivity contribution in [3.63, 3.8) is 0 Å². The first kappa shape index (κ1) is 43.7. The fourth-order valence-electron chi connectivity index (χ4n) is 7.07. The topological polar surface area (TPSA) is 102 Å². The Morgan fingerprint density at radius 2 is 1.18 bits per heavy atom. The SMILES string of the molecule is CC.CC1C=CC(C(=N)c2cccc(-c3cccc(/C(N)=C/C(c4ccccc4)c4ccccc4)c3)c2)=CC1.CN.CN.Cc1ccc2c(c1)Cc1ccccc1-2. The molecule has 57 heavy (non-hydrogen) atoms. The maximum Gasteiger partial charge on any atom is 0.0681 e. The van der Waals surface area contributed by atoms with Crippen molar-refractivity contribution in [1.82, 2.24) is 0 Å². The van der Waals surface area contributed by atoms with Gasteiger partial charge < -0.3 is 17.2 Å². The van der Waals surface area contributed by atoms with E-state index in [1.54, 1.807) is 0 Å². The van der Waals surface area contributed by atoms with Crippen molar-refractivity contribution in [2.45, 2.75) is 46.5 Å². The van der Waals surface area contributed by atoms with Gasteiger partial charge >= 0.3 is 0 Å². The Labute approximate surface area is 342 Å². The van der Waals surface area contributed by atoms with Gasteiger partial charge in [0.15, 0.2) is 0 Å². The van der Waals surface area contributed by atoms with E-state index in [9.17, 15) is 0 Å². The number of aryl methyl sites for hydroxylation is 1. The van der Waals surface area contributed by atoms with Crippen LogP contribution in [0.2, 0.25) is 0 Å². The van der Waals surface area contributed by atoms with Crippen LogP contribution in [-0.2, 0) is 6.42 Å². The Bertz CT molecular complexity index is 2220. The molecular formula is C53H60N4. The lowest BCUT2D eigenvalue weighted by atomic mass is 9.89. The van der Waals surface area contributed by atoms with Gasteiger partial charge in [0, 0.05) is 17.2 Å². The number of nitrogens with one attached hydrogen (secondary N) is 1. The highest BCUT2D eigenvalue weighted by atomic mass is 14.6. The molecular weight excluding hydrogens is 693 g/mol. The summed E-state index contributed by atoms with van der Waals surface area (Å²) >= 11 is 0. The van der Waals surface area contributed by atoms with Gasteiger partial charge in [0.2, 0.25) is 0 Å². The minimum absolute atomic E-state index is 0.0643. The Morgan fingerprint density at radius 1 is 0.632 bits per heavy atom. The summed E-state index contributed by atoms with van der Waals surface area (Å²) in [6, 6.07) is 53.0. The van der Waals surface area contributed by atoms with Crippen molar-refractivity contribution in [2.24, 2.45) is 23.1 Å². The third kappa shape index (κ3) is 11.5. The number of hydrogen-bond acceptors (Lipinski definition) is 4. The zero-order valence-electron chi connectivity index (χ0n) is 34.5. The molecule has 1 atom stereocenters. The molecule has 0 aliphatic heterocycles. The van der Waals surface area contributed by atoms with Gasteiger partial charge in [-0.05, 0) is 114 Å². The van der Waals surface area contributed by atoms with Crippen molar-refractivity contribution in [2.75, 3.05) is 14.1 Å². The summed E-state index contributed by atoms with van der Waals surface area (Å²) in [6.45, 7) is 8.35. The van der Waals surface area contributed by atoms with Crippen molar-refractivity contribution in [3.8, 4) is 22.3 Å². The average Bonchev–Trinajstić information content (AvgIpc) is 3.66. The molecule has 0 radical (unpaired) electrons. The molecule has 0 fully saturated rings. The molecule has 7 N–H and O–H groups in total. The summed E-state index contributed by atoms with van der Waals surface area (Å²) in [4.78, 5) is 0. The summed E-state index contributed by atoms with van der Waals surface area (Å²) in [5.41, 5.74) is 31.6. The molecule has 0 saturated heterocycles. The van der Waals surface area contributed by atoms with Crippen molar-refractivity contribution < 1.29 is 0 Å². The van der Waals surface area contributed by atoms with Gasteiger partial charge in [-0.25, -0.2) is 0 Å². The lowest BCUT2D eigenvalue weighted by Gasteiger charge is -2.16. The van der Waals surface area contributed by atoms with Crippen molar-refractivity contribution in [1.29, 1.82) is 5.41 Å². The van der Waals surface area contributed by atoms with Crippen LogP contribution in [0.4, 0.5) is 0 Å². The van der Waals surface area contributed by atoms with E-state index < -0.39 is 0 Å². The van der Waals surface area contributed by atoms with Gasteiger partial charge in [0.1, 0.15) is 0 Å². The predicted molar refractivity (Wildman–Crippen MR) is 248 cm³/mol. The Balaban J connectivity index is 0.000000297. The molecule has 0 heterocycles. The molecule has 0 aromatic heterocycles. The Morgan fingerprint density at radius 3 is 1.77 bits per heavy atom. The van der Waals surface area contributed by atoms with Gasteiger partial charge in [0.25, 0.3) is 0 Å². The third-order valence-corrected chi connectivity index (χ3v) is 9.90. The van der Waals surface area contributed by atoms with Gasteiger partial charge in [-0.2, -0.15) is 0 Å². The molecule has 6 aromatic rings. The normalized spacial score (nSPS) is 13.4. The van der Waals surface area contributed by atoms with Crippen molar-refractivity contribution in [3.05, 3.63) is 220 Å². The highest BCUT2D eigenvalue weighted by Crippen LogP contribution is 2.36. The second-order valence-corrected chi connectivity index (χ2v) is 13.7. The zero-order valence-corrected chi connectivity index (χ0v) is 34.5. The maximum atomic E-state index is 8.75. The number of nitrogens with two attached hydrogens (primary N) is 3. The first-order valence-corrected chi connectivity index (χ1v) is 20.0. The molecule has 6 aromatic carbocycles. The molecule has 0 saturated carbocycles. The first-order chi connectivity index (χ1) is 27.9. The second-order valence-electron chi connectivity index (χ2n) is 13.7. The first-order valence-electron chi connectivity index (χ1n) is 20.0. The maximum absolute atomic E-state index is 8.75. The number of fused-ring (bicyclic) bond motifs is 3. The molecule has 4 heteroatoms. The van der Waals surface area contributed by atoms with E-state index in [1.165, 1.54) is 53.0 Å². The smallest absolute Gasteiger partial charge is 0.0681 e. The molecule has 0 bridgehead atoms. The monoisotopic (exact) mass is 752 g/mol. The average molecular weight is 753 g/mol. The van der Waals surface area contributed by atoms with Crippen LogP contribution in [0.5, 0.6) is 0 Å². The zero-order chi connectivity index (χ0) is 41.2. The van der Waals surface area contributed by atoms with Crippen LogP contribution in [0, 0.1) is 18.3 Å². The highest BCUT2D eigenvalue weighted by molar-refractivity contribution is 6.13. The predicted octanol–water partition coefficient (Wildman–Crippen LogP) is 12.1. The van der Waals surface area contributed by atoms with E-state index in [4.69, 9.17) is 11.1 Å². The Kier molecular flexibility index (Phi) is 17.2. The molecule has 1 unspecified atom stereocenters. The number of rotatable bonds is 7. The van der Waals surface area contributed by atoms with Gasteiger partial charge in [-0.1, -0.05) is 184 Å². The molecule has 8 rings (SSSR count). The quantitative estimate of drug-likeness (QED) is 0.122. The van der Waals surface area contributed by atoms with Crippen LogP contribution in [0.1, 0.15) is 72.1 Å². The van der Waals surface area contributed by atoms with Gasteiger partial charge in [-0.3, -0.25) is 5.41 Å². The van der Waals surface area contributed by atoms with E-state index in [0.717, 1.165) is 46.4 Å². The Hall–Kier alpha value is -6.07. The van der Waals surface area contributed by atoms with E-state index >= 15 is 0 Å². The largest absolute Gasteiger partial charge is 0.398 e. The number of benzene rings is 6. The fraction of sp³-hybridized carbons (Fsp3) is 0.189. The van der Waals surface area contributed by atoms with Gasteiger partial charge in [0.05, 0.1) is 5.71 Å². The van der Waals surface area contributed by atoms with Crippen molar-refractivity contribution >= 4 is 11.4 Å². The van der Waals surface area contributed by atoms with E-state index in [2.05, 4.69) is 177 Å². The second kappa shape index (κ2) is 22.5. The minimum Gasteiger partial charge on any atom is -0.398 e. The summed E-state index contributed by atoms with van der Waals surface area (Å²) < 4.78 is 0. The van der Waals surface area contributed by atoms with E-state index in [-0.39, 0.29) is 5.92 Å².